The number of aliphatic hydroxyl groups excluding tert-OH is 2. The summed E-state index contributed by atoms with van der Waals surface area (Å²) in [5.41, 5.74) is 9.67. The minimum atomic E-state index is -1.28. The molecule has 2 aliphatic carbocycles. The van der Waals surface area contributed by atoms with Crippen molar-refractivity contribution in [2.24, 2.45) is 22.5 Å². The van der Waals surface area contributed by atoms with Gasteiger partial charge in [0.1, 0.15) is 24.0 Å². The molecule has 3 fully saturated rings. The fraction of sp³-hybridized carbons (Fsp3) is 0.548. The van der Waals surface area contributed by atoms with Crippen LogP contribution in [0.15, 0.2) is 36.4 Å². The first-order chi connectivity index (χ1) is 19.2. The predicted octanol–water partition coefficient (Wildman–Crippen LogP) is 3.28. The number of carboxylic acid groups (broad SMARTS) is 1. The van der Waals surface area contributed by atoms with E-state index in [-0.39, 0.29) is 12.1 Å². The molecule has 2 saturated carbocycles. The molecule has 10 heteroatoms. The van der Waals surface area contributed by atoms with E-state index in [9.17, 15) is 24.9 Å². The zero-order chi connectivity index (χ0) is 30.3. The number of anilines is 1. The standard InChI is InChI=1S/C22H27N3O7.C9H16/c1-24(2)15-8-13(7-14(9-15)22(29)30)16-6-4-5-12(20(16)31-3)10-25-18(21(23)28)19(27)17(11-26)32-25;1-8(2)6-9(3)5-4-7(8)9/h4-9,17-19,26-27H,10-11H2,1-3H3,(H2,23,28)(H,29,30);7H,4-6H2,1-3H3/t17?,18-,19+;7-,9?/m01/s1. The fourth-order valence-electron chi connectivity index (χ4n) is 7.12. The Balaban J connectivity index is 0.000000360. The molecule has 0 spiro atoms. The summed E-state index contributed by atoms with van der Waals surface area (Å²) in [4.78, 5) is 30.9. The summed E-state index contributed by atoms with van der Waals surface area (Å²) < 4.78 is 5.65. The number of hydroxylamine groups is 2. The number of carboxylic acids is 1. The largest absolute Gasteiger partial charge is 0.496 e. The molecule has 0 bridgehead atoms. The lowest BCUT2D eigenvalue weighted by molar-refractivity contribution is -0.181. The first-order valence-electron chi connectivity index (χ1n) is 14.0. The van der Waals surface area contributed by atoms with Gasteiger partial charge in [-0.25, -0.2) is 4.79 Å². The Morgan fingerprint density at radius 2 is 1.90 bits per heavy atom. The van der Waals surface area contributed by atoms with Crippen molar-refractivity contribution >= 4 is 17.6 Å². The number of methoxy groups -OCH3 is 1. The predicted molar refractivity (Wildman–Crippen MR) is 155 cm³/mol. The van der Waals surface area contributed by atoms with E-state index in [2.05, 4.69) is 20.8 Å². The van der Waals surface area contributed by atoms with Crippen molar-refractivity contribution in [3.8, 4) is 16.9 Å². The molecule has 1 aliphatic heterocycles. The number of carbonyl (C=O) groups excluding carboxylic acids is 1. The maximum atomic E-state index is 11.9. The third kappa shape index (κ3) is 5.92. The number of carbonyl (C=O) groups is 2. The number of aliphatic hydroxyl groups is 2. The fourth-order valence-corrected chi connectivity index (χ4v) is 7.12. The second kappa shape index (κ2) is 11.6. The lowest BCUT2D eigenvalue weighted by Crippen LogP contribution is -2.58. The summed E-state index contributed by atoms with van der Waals surface area (Å²) in [5, 5.41) is 30.4. The molecule has 3 aliphatic rings. The van der Waals surface area contributed by atoms with Crippen LogP contribution in [0.5, 0.6) is 5.75 Å². The van der Waals surface area contributed by atoms with Crippen LogP contribution in [0.3, 0.4) is 0 Å². The topological polar surface area (TPSA) is 146 Å². The Hall–Kier alpha value is -3.18. The quantitative estimate of drug-likeness (QED) is 0.376. The number of ether oxygens (including phenoxy) is 1. The molecule has 1 heterocycles. The van der Waals surface area contributed by atoms with E-state index in [4.69, 9.17) is 15.3 Å². The van der Waals surface area contributed by atoms with Crippen LogP contribution in [0, 0.1) is 16.7 Å². The normalized spacial score (nSPS) is 27.9. The third-order valence-corrected chi connectivity index (χ3v) is 9.02. The first-order valence-corrected chi connectivity index (χ1v) is 14.0. The highest BCUT2D eigenvalue weighted by Gasteiger charge is 2.60. The van der Waals surface area contributed by atoms with Crippen LogP contribution in [0.4, 0.5) is 5.69 Å². The van der Waals surface area contributed by atoms with Gasteiger partial charge in [-0.15, -0.1) is 0 Å². The zero-order valence-corrected chi connectivity index (χ0v) is 24.8. The molecular formula is C31H43N3O7. The van der Waals surface area contributed by atoms with E-state index in [0.717, 1.165) is 11.3 Å². The van der Waals surface area contributed by atoms with Gasteiger partial charge in [-0.1, -0.05) is 39.0 Å². The van der Waals surface area contributed by atoms with Crippen molar-refractivity contribution in [3.05, 3.63) is 47.5 Å². The molecular weight excluding hydrogens is 526 g/mol. The number of amides is 1. The number of benzene rings is 2. The summed E-state index contributed by atoms with van der Waals surface area (Å²) in [6, 6.07) is 9.16. The number of rotatable bonds is 8. The first kappa shape index (κ1) is 30.8. The number of fused-ring (bicyclic) bond motifs is 1. The molecule has 5 rings (SSSR count). The van der Waals surface area contributed by atoms with Crippen molar-refractivity contribution in [3.63, 3.8) is 0 Å². The van der Waals surface area contributed by atoms with Crippen molar-refractivity contribution in [1.82, 2.24) is 5.06 Å². The second-order valence-electron chi connectivity index (χ2n) is 12.6. The maximum absolute atomic E-state index is 11.9. The van der Waals surface area contributed by atoms with Crippen molar-refractivity contribution in [2.45, 2.75) is 64.8 Å². The minimum Gasteiger partial charge on any atom is -0.496 e. The zero-order valence-electron chi connectivity index (χ0n) is 24.8. The monoisotopic (exact) mass is 569 g/mol. The number of aromatic carboxylic acids is 1. The van der Waals surface area contributed by atoms with Gasteiger partial charge in [0.2, 0.25) is 5.91 Å². The van der Waals surface area contributed by atoms with E-state index in [1.54, 1.807) is 35.2 Å². The van der Waals surface area contributed by atoms with Gasteiger partial charge < -0.3 is 30.7 Å². The van der Waals surface area contributed by atoms with E-state index in [1.807, 2.05) is 20.2 Å². The summed E-state index contributed by atoms with van der Waals surface area (Å²) in [7, 11) is 5.12. The molecule has 41 heavy (non-hydrogen) atoms. The van der Waals surface area contributed by atoms with Crippen LogP contribution in [0.25, 0.3) is 11.1 Å². The highest BCUT2D eigenvalue weighted by atomic mass is 16.7. The average Bonchev–Trinajstić information content (AvgIpc) is 3.22. The summed E-state index contributed by atoms with van der Waals surface area (Å²) in [6.45, 7) is 6.84. The number of primary amides is 1. The van der Waals surface area contributed by atoms with E-state index in [0.29, 0.717) is 33.5 Å². The van der Waals surface area contributed by atoms with Crippen molar-refractivity contribution in [1.29, 1.82) is 0 Å². The molecule has 2 aromatic carbocycles. The third-order valence-electron chi connectivity index (χ3n) is 9.02. The molecule has 1 saturated heterocycles. The molecule has 224 valence electrons. The maximum Gasteiger partial charge on any atom is 0.335 e. The van der Waals surface area contributed by atoms with Gasteiger partial charge in [-0.05, 0) is 59.8 Å². The Kier molecular flexibility index (Phi) is 8.71. The van der Waals surface area contributed by atoms with Gasteiger partial charge in [0.05, 0.1) is 25.8 Å². The number of nitrogens with two attached hydrogens (primary N) is 1. The van der Waals surface area contributed by atoms with Crippen molar-refractivity contribution < 1.29 is 34.5 Å². The Morgan fingerprint density at radius 3 is 2.34 bits per heavy atom. The van der Waals surface area contributed by atoms with Gasteiger partial charge in [0.25, 0.3) is 0 Å². The van der Waals surface area contributed by atoms with Crippen LogP contribution in [0.2, 0.25) is 0 Å². The molecule has 0 aromatic heterocycles. The van der Waals surface area contributed by atoms with Crippen LogP contribution < -0.4 is 15.4 Å². The molecule has 0 radical (unpaired) electrons. The highest BCUT2D eigenvalue weighted by Crippen LogP contribution is 2.69. The van der Waals surface area contributed by atoms with E-state index in [1.165, 1.54) is 31.4 Å². The molecule has 2 aromatic rings. The lowest BCUT2D eigenvalue weighted by Gasteiger charge is -2.67. The summed E-state index contributed by atoms with van der Waals surface area (Å²) >= 11 is 0. The van der Waals surface area contributed by atoms with Crippen LogP contribution >= 0.6 is 0 Å². The van der Waals surface area contributed by atoms with Crippen LogP contribution in [0.1, 0.15) is 56.0 Å². The number of nitrogens with zero attached hydrogens (tertiary/aromatic N) is 2. The molecule has 5 N–H and O–H groups in total. The van der Waals surface area contributed by atoms with Crippen LogP contribution in [-0.4, -0.2) is 78.3 Å². The Morgan fingerprint density at radius 1 is 1.20 bits per heavy atom. The minimum absolute atomic E-state index is 0.0390. The molecule has 2 unspecified atom stereocenters. The smallest absolute Gasteiger partial charge is 0.335 e. The number of hydrogen-bond acceptors (Lipinski definition) is 8. The summed E-state index contributed by atoms with van der Waals surface area (Å²) in [5.74, 6) is -0.310. The second-order valence-corrected chi connectivity index (χ2v) is 12.6. The highest BCUT2D eigenvalue weighted by molar-refractivity contribution is 5.92. The Bertz CT molecular complexity index is 1290. The van der Waals surface area contributed by atoms with Gasteiger partial charge in [-0.2, -0.15) is 5.06 Å². The van der Waals surface area contributed by atoms with Gasteiger partial charge in [0, 0.05) is 30.9 Å². The number of para-hydroxylation sites is 1. The van der Waals surface area contributed by atoms with Gasteiger partial charge >= 0.3 is 5.97 Å². The van der Waals surface area contributed by atoms with Crippen LogP contribution in [-0.2, 0) is 16.2 Å². The average molecular weight is 570 g/mol. The lowest BCUT2D eigenvalue weighted by atomic mass is 9.38. The molecule has 10 nitrogen and oxygen atoms in total. The Labute approximate surface area is 241 Å². The van der Waals surface area contributed by atoms with E-state index >= 15 is 0 Å². The molecule has 5 atom stereocenters. The SMILES string of the molecule is CC1(C)CC2(C)CC[C@H]12.COc1c(CN2OC(CO)[C@@H](O)[C@H]2C(N)=O)cccc1-c1cc(C(=O)O)cc(N(C)C)c1. The molecule has 1 amide bonds. The number of hydrogen-bond donors (Lipinski definition) is 4. The van der Waals surface area contributed by atoms with E-state index < -0.39 is 36.7 Å². The van der Waals surface area contributed by atoms with Gasteiger partial charge in [-0.3, -0.25) is 9.63 Å². The van der Waals surface area contributed by atoms with Crippen molar-refractivity contribution in [2.75, 3.05) is 32.7 Å². The summed E-state index contributed by atoms with van der Waals surface area (Å²) in [6.07, 6.45) is 2.23. The van der Waals surface area contributed by atoms with Gasteiger partial charge in [0.15, 0.2) is 0 Å².